The van der Waals surface area contributed by atoms with E-state index < -0.39 is 18.1 Å². The monoisotopic (exact) mass is 768 g/mol. The maximum atomic E-state index is 12.7. The van der Waals surface area contributed by atoms with Crippen LogP contribution in [0.3, 0.4) is 0 Å². The second-order valence-electron chi connectivity index (χ2n) is 14.8. The minimum Gasteiger partial charge on any atom is -0.544 e. The van der Waals surface area contributed by atoms with Crippen LogP contribution < -0.4 is 5.11 Å². The molecule has 0 radical (unpaired) electrons. The predicted molar refractivity (Wildman–Crippen MR) is 226 cm³/mol. The number of quaternary nitrogens is 1. The Morgan fingerprint density at radius 3 is 1.55 bits per heavy atom. The number of esters is 2. The topological polar surface area (TPSA) is 102 Å². The minimum absolute atomic E-state index is 0.0141. The van der Waals surface area contributed by atoms with Crippen molar-refractivity contribution >= 4 is 17.9 Å². The molecule has 0 rings (SSSR count). The number of allylic oxidation sites excluding steroid dienone is 14. The lowest BCUT2D eigenvalue weighted by Crippen LogP contribution is -2.55. The molecule has 0 saturated carbocycles. The third-order valence-corrected chi connectivity index (χ3v) is 8.77. The molecule has 0 aromatic rings. The number of carboxylic acids is 1. The second-order valence-corrected chi connectivity index (χ2v) is 14.8. The number of aliphatic carboxylic acids is 1. The van der Waals surface area contributed by atoms with Gasteiger partial charge in [-0.15, -0.1) is 0 Å². The zero-order valence-electron chi connectivity index (χ0n) is 35.3. The highest BCUT2D eigenvalue weighted by Crippen LogP contribution is 2.11. The van der Waals surface area contributed by atoms with Crippen LogP contribution in [0, 0.1) is 0 Å². The van der Waals surface area contributed by atoms with E-state index in [1.165, 1.54) is 12.8 Å². The van der Waals surface area contributed by atoms with E-state index in [-0.39, 0.29) is 49.1 Å². The van der Waals surface area contributed by atoms with Crippen molar-refractivity contribution < 1.29 is 38.2 Å². The predicted octanol–water partition coefficient (Wildman–Crippen LogP) is 10.0. The van der Waals surface area contributed by atoms with Gasteiger partial charge in [0.15, 0.2) is 6.10 Å². The molecule has 0 aliphatic rings. The molecule has 2 unspecified atom stereocenters. The summed E-state index contributed by atoms with van der Waals surface area (Å²) in [5.74, 6) is -1.82. The van der Waals surface area contributed by atoms with Crippen molar-refractivity contribution in [2.75, 3.05) is 41.0 Å². The molecule has 0 heterocycles. The molecule has 0 N–H and O–H groups in total. The van der Waals surface area contributed by atoms with E-state index >= 15 is 0 Å². The van der Waals surface area contributed by atoms with Gasteiger partial charge in [-0.25, -0.2) is 0 Å². The lowest BCUT2D eigenvalue weighted by atomic mass is 10.1. The molecule has 0 saturated heterocycles. The van der Waals surface area contributed by atoms with Crippen molar-refractivity contribution in [1.82, 2.24) is 0 Å². The molecule has 55 heavy (non-hydrogen) atoms. The number of carbonyl (C=O) groups is 3. The molecule has 0 amide bonds. The van der Waals surface area contributed by atoms with Crippen LogP contribution >= 0.6 is 0 Å². The summed E-state index contributed by atoms with van der Waals surface area (Å²) in [5.41, 5.74) is 0. The van der Waals surface area contributed by atoms with E-state index in [4.69, 9.17) is 14.2 Å². The number of rotatable bonds is 36. The van der Waals surface area contributed by atoms with Crippen LogP contribution in [0.4, 0.5) is 0 Å². The van der Waals surface area contributed by atoms with Crippen LogP contribution in [0.2, 0.25) is 0 Å². The normalized spacial score (nSPS) is 13.8. The largest absolute Gasteiger partial charge is 0.544 e. The number of hydrogen-bond acceptors (Lipinski definition) is 7. The standard InChI is InChI=1S/C47H77NO7/c1-6-8-10-12-14-16-18-19-20-21-22-23-24-25-26-27-28-30-32-34-36-38-46(50)55-43(41-53-40-39-44(47(51)52)48(3,4)5)42-54-45(49)37-35-33-31-29-17-15-13-11-9-7-2/h8,10,13-16,19-20,22-23,25-26,28,30,43-44H,6-7,9,11-12,17-18,21,24,27,29,31-42H2,1-5H3/b10-8+,15-13+,16-14+,20-19+,23-22+,26-25+,30-28+. The highest BCUT2D eigenvalue weighted by molar-refractivity contribution is 5.70. The van der Waals surface area contributed by atoms with E-state index in [2.05, 4.69) is 98.9 Å². The Hall–Kier alpha value is -3.49. The number of carboxylic acid groups (broad SMARTS) is 1. The molecule has 8 nitrogen and oxygen atoms in total. The summed E-state index contributed by atoms with van der Waals surface area (Å²) in [6, 6.07) is -0.739. The summed E-state index contributed by atoms with van der Waals surface area (Å²) in [6.07, 6.45) is 47.6. The van der Waals surface area contributed by atoms with Gasteiger partial charge < -0.3 is 28.6 Å². The van der Waals surface area contributed by atoms with Gasteiger partial charge in [-0.1, -0.05) is 125 Å². The zero-order chi connectivity index (χ0) is 40.7. The summed E-state index contributed by atoms with van der Waals surface area (Å²) in [7, 11) is 5.37. The van der Waals surface area contributed by atoms with Gasteiger partial charge in [-0.3, -0.25) is 9.59 Å². The van der Waals surface area contributed by atoms with Crippen molar-refractivity contribution in [3.63, 3.8) is 0 Å². The van der Waals surface area contributed by atoms with Crippen molar-refractivity contribution in [1.29, 1.82) is 0 Å². The molecule has 8 heteroatoms. The lowest BCUT2D eigenvalue weighted by Gasteiger charge is -2.34. The first-order valence-corrected chi connectivity index (χ1v) is 21.1. The van der Waals surface area contributed by atoms with Crippen LogP contribution in [0.1, 0.15) is 142 Å². The van der Waals surface area contributed by atoms with E-state index in [0.717, 1.165) is 89.9 Å². The minimum atomic E-state index is -1.14. The Labute approximate surface area is 335 Å². The Morgan fingerprint density at radius 1 is 0.564 bits per heavy atom. The highest BCUT2D eigenvalue weighted by Gasteiger charge is 2.25. The lowest BCUT2D eigenvalue weighted by molar-refractivity contribution is -0.889. The fourth-order valence-electron chi connectivity index (χ4n) is 5.46. The van der Waals surface area contributed by atoms with E-state index in [1.54, 1.807) is 21.1 Å². The van der Waals surface area contributed by atoms with Crippen LogP contribution in [-0.4, -0.2) is 75.5 Å². The average Bonchev–Trinajstić information content (AvgIpc) is 3.14. The Kier molecular flexibility index (Phi) is 35.1. The number of ether oxygens (including phenoxy) is 3. The van der Waals surface area contributed by atoms with Gasteiger partial charge >= 0.3 is 11.9 Å². The van der Waals surface area contributed by atoms with Crippen LogP contribution in [0.25, 0.3) is 0 Å². The quantitative estimate of drug-likeness (QED) is 0.0271. The molecular formula is C47H77NO7. The van der Waals surface area contributed by atoms with E-state index in [0.29, 0.717) is 12.8 Å². The number of carbonyl (C=O) groups excluding carboxylic acids is 3. The zero-order valence-corrected chi connectivity index (χ0v) is 35.3. The Morgan fingerprint density at radius 2 is 1.02 bits per heavy atom. The summed E-state index contributed by atoms with van der Waals surface area (Å²) < 4.78 is 17.0. The second kappa shape index (κ2) is 37.4. The van der Waals surface area contributed by atoms with Crippen LogP contribution in [0.15, 0.2) is 85.1 Å². The molecule has 0 fully saturated rings. The number of nitrogens with zero attached hydrogens (tertiary/aromatic N) is 1. The molecule has 0 spiro atoms. The first-order valence-electron chi connectivity index (χ1n) is 21.1. The van der Waals surface area contributed by atoms with Crippen LogP contribution in [0.5, 0.6) is 0 Å². The molecule has 0 aliphatic heterocycles. The van der Waals surface area contributed by atoms with Crippen molar-refractivity contribution in [3.05, 3.63) is 85.1 Å². The summed E-state index contributed by atoms with van der Waals surface area (Å²) in [5, 5.41) is 11.6. The van der Waals surface area contributed by atoms with Gasteiger partial charge in [-0.05, 0) is 83.5 Å². The third-order valence-electron chi connectivity index (χ3n) is 8.77. The van der Waals surface area contributed by atoms with Crippen molar-refractivity contribution in [2.45, 2.75) is 154 Å². The number of unbranched alkanes of at least 4 members (excludes halogenated alkanes) is 8. The first kappa shape index (κ1) is 51.5. The smallest absolute Gasteiger partial charge is 0.306 e. The average molecular weight is 768 g/mol. The van der Waals surface area contributed by atoms with E-state index in [9.17, 15) is 19.5 Å². The molecule has 0 aromatic heterocycles. The van der Waals surface area contributed by atoms with E-state index in [1.807, 2.05) is 0 Å². The summed E-state index contributed by atoms with van der Waals surface area (Å²) >= 11 is 0. The summed E-state index contributed by atoms with van der Waals surface area (Å²) in [4.78, 5) is 36.7. The fourth-order valence-corrected chi connectivity index (χ4v) is 5.46. The van der Waals surface area contributed by atoms with Gasteiger partial charge in [0.2, 0.25) is 0 Å². The molecule has 312 valence electrons. The summed E-state index contributed by atoms with van der Waals surface area (Å²) in [6.45, 7) is 4.41. The molecule has 0 bridgehead atoms. The maximum Gasteiger partial charge on any atom is 0.306 e. The van der Waals surface area contributed by atoms with Gasteiger partial charge in [0.25, 0.3) is 0 Å². The highest BCUT2D eigenvalue weighted by atomic mass is 16.6. The first-order chi connectivity index (χ1) is 26.6. The SMILES string of the molecule is CC/C=C/C/C=C/C/C=C/C/C=C/C/C=C/C/C=C/CCCCC(=O)OC(COCCC(C(=O)[O-])[N+](C)(C)C)COC(=O)CCCCCC/C=C/CCCC. The third kappa shape index (κ3) is 35.9. The molecule has 2 atom stereocenters. The molecule has 0 aliphatic carbocycles. The van der Waals surface area contributed by atoms with Crippen molar-refractivity contribution in [3.8, 4) is 0 Å². The van der Waals surface area contributed by atoms with Crippen molar-refractivity contribution in [2.24, 2.45) is 0 Å². The molecular weight excluding hydrogens is 691 g/mol. The Balaban J connectivity index is 4.46. The van der Waals surface area contributed by atoms with Crippen LogP contribution in [-0.2, 0) is 28.6 Å². The fraction of sp³-hybridized carbons (Fsp3) is 0.638. The Bertz CT molecular complexity index is 1170. The van der Waals surface area contributed by atoms with Gasteiger partial charge in [0.1, 0.15) is 12.6 Å². The van der Waals surface area contributed by atoms with Gasteiger partial charge in [-0.2, -0.15) is 0 Å². The van der Waals surface area contributed by atoms with Gasteiger partial charge in [0, 0.05) is 19.3 Å². The number of hydrogen-bond donors (Lipinski definition) is 0. The number of likely N-dealkylation sites (N-methyl/N-ethyl adjacent to an activating group) is 1. The maximum absolute atomic E-state index is 12.7. The molecule has 0 aromatic carbocycles. The van der Waals surface area contributed by atoms with Gasteiger partial charge in [0.05, 0.1) is 40.3 Å².